The van der Waals surface area contributed by atoms with Crippen LogP contribution in [-0.4, -0.2) is 27.7 Å². The van der Waals surface area contributed by atoms with Gasteiger partial charge in [0.25, 0.3) is 0 Å². The molecule has 0 spiro atoms. The van der Waals surface area contributed by atoms with Gasteiger partial charge in [-0.25, -0.2) is 13.6 Å². The van der Waals surface area contributed by atoms with E-state index in [0.717, 1.165) is 0 Å². The van der Waals surface area contributed by atoms with Gasteiger partial charge in [0.2, 0.25) is 10.0 Å². The van der Waals surface area contributed by atoms with E-state index in [0.29, 0.717) is 24.5 Å². The summed E-state index contributed by atoms with van der Waals surface area (Å²) in [5.41, 5.74) is 6.75. The van der Waals surface area contributed by atoms with Crippen LogP contribution in [0.3, 0.4) is 0 Å². The van der Waals surface area contributed by atoms with Gasteiger partial charge in [0.05, 0.1) is 22.4 Å². The Morgan fingerprint density at radius 2 is 2.11 bits per heavy atom. The second kappa shape index (κ2) is 6.03. The maximum Gasteiger partial charge on any atom is 0.238 e. The minimum absolute atomic E-state index is 0.00698. The first-order chi connectivity index (χ1) is 8.34. The molecule has 1 unspecified atom stereocenters. The Kier molecular flexibility index (Phi) is 4.94. The third kappa shape index (κ3) is 4.17. The number of sulfonamides is 1. The Morgan fingerprint density at radius 3 is 2.67 bits per heavy atom. The van der Waals surface area contributed by atoms with Gasteiger partial charge in [0, 0.05) is 13.2 Å². The molecule has 0 aliphatic rings. The minimum Gasteiger partial charge on any atom is -0.397 e. The lowest BCUT2D eigenvalue weighted by Crippen LogP contribution is -2.20. The molecule has 0 radical (unpaired) electrons. The molecular formula is C11H19N3O3S. The van der Waals surface area contributed by atoms with E-state index in [9.17, 15) is 8.42 Å². The van der Waals surface area contributed by atoms with Gasteiger partial charge in [-0.05, 0) is 32.0 Å². The number of hydrogen-bond acceptors (Lipinski definition) is 5. The molecule has 1 aromatic rings. The van der Waals surface area contributed by atoms with Crippen LogP contribution in [0.2, 0.25) is 0 Å². The van der Waals surface area contributed by atoms with Crippen molar-refractivity contribution in [3.63, 3.8) is 0 Å². The summed E-state index contributed by atoms with van der Waals surface area (Å²) in [5.74, 6) is 0. The normalized spacial score (nSPS) is 13.3. The molecule has 0 amide bonds. The number of nitrogens with two attached hydrogens (primary N) is 2. The number of primary sulfonamides is 1. The third-order valence-electron chi connectivity index (χ3n) is 2.38. The fourth-order valence-corrected chi connectivity index (χ4v) is 2.00. The molecule has 0 fully saturated rings. The van der Waals surface area contributed by atoms with Crippen molar-refractivity contribution in [1.29, 1.82) is 0 Å². The number of anilines is 2. The van der Waals surface area contributed by atoms with Gasteiger partial charge in [0.1, 0.15) is 0 Å². The molecule has 0 bridgehead atoms. The number of rotatable bonds is 6. The fourth-order valence-electron chi connectivity index (χ4n) is 1.46. The largest absolute Gasteiger partial charge is 0.397 e. The van der Waals surface area contributed by atoms with Crippen LogP contribution in [0.4, 0.5) is 11.4 Å². The molecule has 0 aromatic heterocycles. The summed E-state index contributed by atoms with van der Waals surface area (Å²) in [6, 6.07) is 4.30. The predicted octanol–water partition coefficient (Wildman–Crippen LogP) is 0.753. The molecule has 7 heteroatoms. The molecule has 18 heavy (non-hydrogen) atoms. The van der Waals surface area contributed by atoms with Crippen LogP contribution >= 0.6 is 0 Å². The average molecular weight is 273 g/mol. The molecule has 1 aromatic carbocycles. The molecule has 102 valence electrons. The van der Waals surface area contributed by atoms with Crippen molar-refractivity contribution in [2.45, 2.75) is 24.8 Å². The van der Waals surface area contributed by atoms with E-state index >= 15 is 0 Å². The number of nitrogens with one attached hydrogen (secondary N) is 1. The van der Waals surface area contributed by atoms with E-state index in [1.807, 2.05) is 13.8 Å². The Hall–Kier alpha value is -1.31. The van der Waals surface area contributed by atoms with Crippen LogP contribution in [0, 0.1) is 0 Å². The van der Waals surface area contributed by atoms with Crippen LogP contribution in [0.1, 0.15) is 13.8 Å². The maximum atomic E-state index is 11.2. The quantitative estimate of drug-likeness (QED) is 0.663. The first-order valence-corrected chi connectivity index (χ1v) is 7.17. The summed E-state index contributed by atoms with van der Waals surface area (Å²) in [6.07, 6.45) is 0.00698. The highest BCUT2D eigenvalue weighted by Crippen LogP contribution is 2.22. The first kappa shape index (κ1) is 14.7. The van der Waals surface area contributed by atoms with Crippen molar-refractivity contribution >= 4 is 21.4 Å². The minimum atomic E-state index is -3.72. The van der Waals surface area contributed by atoms with Gasteiger partial charge in [-0.2, -0.15) is 0 Å². The molecule has 1 rings (SSSR count). The van der Waals surface area contributed by atoms with Gasteiger partial charge in [0.15, 0.2) is 0 Å². The highest BCUT2D eigenvalue weighted by molar-refractivity contribution is 7.89. The molecule has 0 heterocycles. The zero-order chi connectivity index (χ0) is 13.8. The van der Waals surface area contributed by atoms with Crippen LogP contribution in [0.25, 0.3) is 0 Å². The molecule has 0 saturated carbocycles. The number of benzene rings is 1. The lowest BCUT2D eigenvalue weighted by molar-refractivity contribution is 0.0855. The van der Waals surface area contributed by atoms with E-state index in [1.54, 1.807) is 0 Å². The maximum absolute atomic E-state index is 11.2. The third-order valence-corrected chi connectivity index (χ3v) is 3.30. The van der Waals surface area contributed by atoms with Crippen LogP contribution in [0.5, 0.6) is 0 Å². The first-order valence-electron chi connectivity index (χ1n) is 5.62. The number of ether oxygens (including phenoxy) is 1. The van der Waals surface area contributed by atoms with Gasteiger partial charge in [-0.1, -0.05) is 0 Å². The summed E-state index contributed by atoms with van der Waals surface area (Å²) in [5, 5.41) is 8.10. The molecule has 5 N–H and O–H groups in total. The van der Waals surface area contributed by atoms with Crippen molar-refractivity contribution in [3.05, 3.63) is 18.2 Å². The standard InChI is InChI=1S/C11H19N3O3S/c1-3-17-8(2)7-14-11-6-9(18(13,15)16)4-5-10(11)12/h4-6,8,14H,3,7,12H2,1-2H3,(H2,13,15,16). The van der Waals surface area contributed by atoms with Gasteiger partial charge >= 0.3 is 0 Å². The Labute approximate surface area is 107 Å². The topological polar surface area (TPSA) is 107 Å². The predicted molar refractivity (Wildman–Crippen MR) is 71.8 cm³/mol. The summed E-state index contributed by atoms with van der Waals surface area (Å²) >= 11 is 0. The molecule has 1 atom stereocenters. The second-order valence-electron chi connectivity index (χ2n) is 3.94. The van der Waals surface area contributed by atoms with Crippen LogP contribution < -0.4 is 16.2 Å². The highest BCUT2D eigenvalue weighted by Gasteiger charge is 2.10. The molecular weight excluding hydrogens is 254 g/mol. The van der Waals surface area contributed by atoms with Gasteiger partial charge < -0.3 is 15.8 Å². The molecule has 0 aliphatic carbocycles. The lowest BCUT2D eigenvalue weighted by Gasteiger charge is -2.15. The summed E-state index contributed by atoms with van der Waals surface area (Å²) in [7, 11) is -3.72. The van der Waals surface area contributed by atoms with Crippen molar-refractivity contribution in [1.82, 2.24) is 0 Å². The monoisotopic (exact) mass is 273 g/mol. The number of hydrogen-bond donors (Lipinski definition) is 3. The summed E-state index contributed by atoms with van der Waals surface area (Å²) < 4.78 is 27.8. The highest BCUT2D eigenvalue weighted by atomic mass is 32.2. The van der Waals surface area contributed by atoms with E-state index in [4.69, 9.17) is 15.6 Å². The lowest BCUT2D eigenvalue weighted by atomic mass is 10.2. The smallest absolute Gasteiger partial charge is 0.238 e. The Morgan fingerprint density at radius 1 is 1.44 bits per heavy atom. The van der Waals surface area contributed by atoms with E-state index in [1.165, 1.54) is 18.2 Å². The zero-order valence-corrected chi connectivity index (χ0v) is 11.3. The summed E-state index contributed by atoms with van der Waals surface area (Å²) in [6.45, 7) is 4.98. The zero-order valence-electron chi connectivity index (χ0n) is 10.5. The van der Waals surface area contributed by atoms with E-state index in [2.05, 4.69) is 5.32 Å². The summed E-state index contributed by atoms with van der Waals surface area (Å²) in [4.78, 5) is 0.0308. The van der Waals surface area contributed by atoms with Crippen molar-refractivity contribution in [2.75, 3.05) is 24.2 Å². The van der Waals surface area contributed by atoms with E-state index < -0.39 is 10.0 Å². The molecule has 6 nitrogen and oxygen atoms in total. The van der Waals surface area contributed by atoms with E-state index in [-0.39, 0.29) is 11.0 Å². The Bertz CT molecular complexity index is 502. The fraction of sp³-hybridized carbons (Fsp3) is 0.455. The second-order valence-corrected chi connectivity index (χ2v) is 5.50. The van der Waals surface area contributed by atoms with Crippen LogP contribution in [0.15, 0.2) is 23.1 Å². The van der Waals surface area contributed by atoms with Crippen molar-refractivity contribution in [2.24, 2.45) is 5.14 Å². The van der Waals surface area contributed by atoms with Gasteiger partial charge in [-0.3, -0.25) is 0 Å². The van der Waals surface area contributed by atoms with Crippen molar-refractivity contribution < 1.29 is 13.2 Å². The van der Waals surface area contributed by atoms with Crippen molar-refractivity contribution in [3.8, 4) is 0 Å². The number of nitrogen functional groups attached to an aromatic ring is 1. The Balaban J connectivity index is 2.82. The van der Waals surface area contributed by atoms with Crippen LogP contribution in [-0.2, 0) is 14.8 Å². The average Bonchev–Trinajstić information content (AvgIpc) is 2.26. The SMILES string of the molecule is CCOC(C)CNc1cc(S(N)(=O)=O)ccc1N. The molecule has 0 aliphatic heterocycles. The van der Waals surface area contributed by atoms with Gasteiger partial charge in [-0.15, -0.1) is 0 Å². The molecule has 0 saturated heterocycles.